The number of aryl methyl sites for hydroxylation is 3. The second kappa shape index (κ2) is 27.6. The zero-order valence-corrected chi connectivity index (χ0v) is 55.1. The molecule has 0 fully saturated rings. The van der Waals surface area contributed by atoms with Crippen LogP contribution in [0.1, 0.15) is 137 Å². The molecule has 4 aromatic carbocycles. The lowest BCUT2D eigenvalue weighted by atomic mass is 9.79. The van der Waals surface area contributed by atoms with Gasteiger partial charge in [0.2, 0.25) is 21.6 Å². The van der Waals surface area contributed by atoms with Crippen molar-refractivity contribution in [1.29, 1.82) is 0 Å². The van der Waals surface area contributed by atoms with Crippen molar-refractivity contribution in [2.75, 3.05) is 54.9 Å². The van der Waals surface area contributed by atoms with Crippen LogP contribution in [0.4, 0.5) is 17.2 Å². The molecule has 5 heterocycles. The Morgan fingerprint density at radius 1 is 0.811 bits per heavy atom. The lowest BCUT2D eigenvalue weighted by Gasteiger charge is -2.27. The van der Waals surface area contributed by atoms with Gasteiger partial charge in [-0.05, 0) is 159 Å². The molecule has 0 spiro atoms. The van der Waals surface area contributed by atoms with Crippen LogP contribution in [0, 0.1) is 13.8 Å². The predicted molar refractivity (Wildman–Crippen MR) is 352 cm³/mol. The number of rotatable bonds is 28. The number of hydrogen-bond donors (Lipinski definition) is 5. The van der Waals surface area contributed by atoms with Gasteiger partial charge < -0.3 is 15.5 Å². The van der Waals surface area contributed by atoms with Gasteiger partial charge in [-0.1, -0.05) is 75.6 Å². The van der Waals surface area contributed by atoms with Crippen molar-refractivity contribution in [3.05, 3.63) is 161 Å². The number of benzene rings is 4. The number of amides is 1. The fourth-order valence-electron chi connectivity index (χ4n) is 12.8. The summed E-state index contributed by atoms with van der Waals surface area (Å²) in [6.45, 7) is 17.8. The molecular weight excluding hydrogens is 1230 g/mol. The third-order valence-corrected chi connectivity index (χ3v) is 21.8. The Labute approximate surface area is 530 Å². The van der Waals surface area contributed by atoms with E-state index in [0.29, 0.717) is 34.2 Å². The van der Waals surface area contributed by atoms with Crippen molar-refractivity contribution in [3.8, 4) is 0 Å². The molecule has 5 N–H and O–H groups in total. The van der Waals surface area contributed by atoms with E-state index < -0.39 is 62.7 Å². The molecule has 90 heavy (non-hydrogen) atoms. The van der Waals surface area contributed by atoms with Crippen molar-refractivity contribution < 1.29 is 56.7 Å². The third-order valence-electron chi connectivity index (χ3n) is 17.4. The molecule has 3 aliphatic heterocycles. The van der Waals surface area contributed by atoms with Crippen LogP contribution >= 0.6 is 0 Å². The summed E-state index contributed by atoms with van der Waals surface area (Å²) in [5.74, 6) is 0.325. The number of allylic oxidation sites excluding steroid dienone is 6. The van der Waals surface area contributed by atoms with Gasteiger partial charge >= 0.3 is 0 Å². The van der Waals surface area contributed by atoms with E-state index in [4.69, 9.17) is 11.9 Å². The van der Waals surface area contributed by atoms with Gasteiger partial charge in [0, 0.05) is 104 Å². The molecule has 480 valence electrons. The number of pyridine rings is 1. The van der Waals surface area contributed by atoms with Gasteiger partial charge in [0.15, 0.2) is 5.71 Å². The Kier molecular flexibility index (Phi) is 20.7. The van der Waals surface area contributed by atoms with Crippen LogP contribution in [-0.4, -0.2) is 128 Å². The summed E-state index contributed by atoms with van der Waals surface area (Å²) >= 11 is 0. The maximum absolute atomic E-state index is 14.6. The van der Waals surface area contributed by atoms with Gasteiger partial charge in [0.05, 0.1) is 26.7 Å². The molecule has 0 aliphatic carbocycles. The van der Waals surface area contributed by atoms with Crippen molar-refractivity contribution in [2.45, 2.75) is 145 Å². The van der Waals surface area contributed by atoms with Crippen LogP contribution in [0.25, 0.3) is 21.5 Å². The first-order valence-corrected chi connectivity index (χ1v) is 36.6. The molecule has 3 aliphatic rings. The molecule has 2 aromatic heterocycles. The number of fused-ring (bicyclic) bond motifs is 7. The Morgan fingerprint density at radius 2 is 1.53 bits per heavy atom. The largest absolute Gasteiger partial charge is 0.370 e. The first-order chi connectivity index (χ1) is 42.5. The van der Waals surface area contributed by atoms with Gasteiger partial charge in [-0.15, -0.1) is 0 Å². The van der Waals surface area contributed by atoms with E-state index in [-0.39, 0.29) is 66.9 Å². The molecule has 20 nitrogen and oxygen atoms in total. The summed E-state index contributed by atoms with van der Waals surface area (Å²) in [5, 5.41) is 8.97. The summed E-state index contributed by atoms with van der Waals surface area (Å²) in [6, 6.07) is 18.9. The molecule has 0 saturated heterocycles. The monoisotopic (exact) mass is 1310 g/mol. The zero-order chi connectivity index (χ0) is 65.0. The highest BCUT2D eigenvalue weighted by Crippen LogP contribution is 2.52. The highest BCUT2D eigenvalue weighted by Gasteiger charge is 2.46. The highest BCUT2D eigenvalue weighted by molar-refractivity contribution is 7.89. The first kappa shape index (κ1) is 67.6. The molecule has 1 amide bonds. The van der Waals surface area contributed by atoms with E-state index in [1.807, 2.05) is 92.7 Å². The van der Waals surface area contributed by atoms with Crippen molar-refractivity contribution >= 4 is 90.7 Å². The molecule has 0 unspecified atom stereocenters. The van der Waals surface area contributed by atoms with Crippen molar-refractivity contribution in [2.24, 2.45) is 0 Å². The second-order valence-corrected chi connectivity index (χ2v) is 31.2. The van der Waals surface area contributed by atoms with Crippen molar-refractivity contribution in [3.63, 3.8) is 0 Å². The maximum Gasteiger partial charge on any atom is 0.294 e. The van der Waals surface area contributed by atoms with Gasteiger partial charge in [0.25, 0.3) is 30.4 Å². The quantitative estimate of drug-likeness (QED) is 0.0132. The van der Waals surface area contributed by atoms with Crippen LogP contribution < -0.4 is 15.5 Å². The van der Waals surface area contributed by atoms with Crippen LogP contribution in [0.3, 0.4) is 0 Å². The van der Waals surface area contributed by atoms with E-state index in [9.17, 15) is 52.1 Å². The van der Waals surface area contributed by atoms with E-state index in [0.717, 1.165) is 120 Å². The number of anilines is 2. The lowest BCUT2D eigenvalue weighted by Crippen LogP contribution is -2.30. The van der Waals surface area contributed by atoms with E-state index in [2.05, 4.69) is 26.7 Å². The molecule has 2 radical (unpaired) electrons. The Bertz CT molecular complexity index is 4320. The maximum atomic E-state index is 14.6. The Balaban J connectivity index is 0.891. The standard InChI is InChI=1S/C66H80N8O12S4/c1-45(50-43-68-46(2)69-44-50)20-11-8-9-12-23-55-49(40-48-21-16-34-67-64(48)71-55)42-70-61(75)27-17-35-72(7)89(82,83)58-24-15-22-53-52(58)31-33-57-62(53)65(3,4)59(74(57)37-19-39-88(79,80)81)25-13-10-14-26-60-66(5,6)63-54-41-51(90(84,85)86)30-28-47(54)29-32-56(63)73(60)36-18-38-87(76,77)78/h1,10,13-15,22,24-26,28-33,40-41,43-45H,8-9,11-12,16-21,23,27,34-39,42H2,2-7H3,(H4-,67,70,71,75,76,77,78,79,80,81,84,85,86)/p+1/t45-/m1/s1. The normalized spacial score (nSPS) is 16.6. The summed E-state index contributed by atoms with van der Waals surface area (Å²) in [4.78, 5) is 28.8. The summed E-state index contributed by atoms with van der Waals surface area (Å²) < 4.78 is 134. The minimum atomic E-state index is -4.55. The number of hydrogen-bond acceptors (Lipinski definition) is 14. The fourth-order valence-corrected chi connectivity index (χ4v) is 15.7. The molecule has 24 heteroatoms. The molecule has 0 bridgehead atoms. The highest BCUT2D eigenvalue weighted by atomic mass is 32.2. The molecular formula is C66H81N8O12S4+. The number of unbranched alkanes of at least 4 members (excludes halogenated alkanes) is 3. The first-order valence-electron chi connectivity index (χ1n) is 30.5. The van der Waals surface area contributed by atoms with E-state index in [1.165, 1.54) is 23.5 Å². The van der Waals surface area contributed by atoms with Gasteiger partial charge in [0.1, 0.15) is 18.2 Å². The van der Waals surface area contributed by atoms with Crippen LogP contribution in [-0.2, 0) is 75.4 Å². The Morgan fingerprint density at radius 3 is 2.27 bits per heavy atom. The number of carbonyl (C=O) groups excluding carboxylic acids is 1. The van der Waals surface area contributed by atoms with Crippen LogP contribution in [0.5, 0.6) is 0 Å². The second-order valence-electron chi connectivity index (χ2n) is 24.6. The van der Waals surface area contributed by atoms with Crippen LogP contribution in [0.2, 0.25) is 0 Å². The number of sulfonamides is 1. The Hall–Kier alpha value is -6.77. The van der Waals surface area contributed by atoms with Gasteiger partial charge in [-0.25, -0.2) is 27.7 Å². The SMILES string of the molecule is [CH][C@H](CCCCCCc1nc2c(cc1CNC(=O)CCCN(C)S(=O)(=O)c1cccc3c4c(ccc13)N(CCCS(=O)(=O)O)/C(=C/C=C/C=C/C1=[N+](CCCS(=O)(=O)O)c3ccc5ccc(S(=O)(=O)O)cc5c3C1(C)C)C4(C)C)CCCN2)c1cnc(C)nc1. The molecule has 0 saturated carbocycles. The van der Waals surface area contributed by atoms with Crippen molar-refractivity contribution in [1.82, 2.24) is 24.6 Å². The summed E-state index contributed by atoms with van der Waals surface area (Å²) in [6.07, 6.45) is 20.7. The minimum Gasteiger partial charge on any atom is -0.370 e. The number of nitrogens with one attached hydrogen (secondary N) is 2. The average molecular weight is 1310 g/mol. The number of carbonyl (C=O) groups is 1. The smallest absolute Gasteiger partial charge is 0.294 e. The fraction of sp³-hybridized carbons (Fsp3) is 0.424. The number of nitrogens with zero attached hydrogens (tertiary/aromatic N) is 6. The number of aromatic nitrogens is 3. The molecule has 9 rings (SSSR count). The molecule has 1 atom stereocenters. The summed E-state index contributed by atoms with van der Waals surface area (Å²) in [7, 11) is -15.7. The van der Waals surface area contributed by atoms with E-state index >= 15 is 0 Å². The third kappa shape index (κ3) is 15.6. The van der Waals surface area contributed by atoms with Gasteiger partial charge in [-0.3, -0.25) is 18.5 Å². The van der Waals surface area contributed by atoms with Gasteiger partial charge in [-0.2, -0.15) is 29.8 Å². The summed E-state index contributed by atoms with van der Waals surface area (Å²) in [5.41, 5.74) is 6.92. The topological polar surface area (TPSA) is 287 Å². The zero-order valence-electron chi connectivity index (χ0n) is 51.8. The minimum absolute atomic E-state index is 0.0701. The predicted octanol–water partition coefficient (Wildman–Crippen LogP) is 10.5. The average Bonchev–Trinajstić information content (AvgIpc) is 1.54. The van der Waals surface area contributed by atoms with E-state index in [1.54, 1.807) is 42.7 Å². The molecule has 6 aromatic rings. The lowest BCUT2D eigenvalue weighted by molar-refractivity contribution is -0.437. The van der Waals surface area contributed by atoms with Crippen LogP contribution in [0.15, 0.2) is 125 Å².